The molecule has 2 atom stereocenters. The highest BCUT2D eigenvalue weighted by Crippen LogP contribution is 2.40. The number of nitro groups is 1. The summed E-state index contributed by atoms with van der Waals surface area (Å²) >= 11 is 0. The number of non-ortho nitro benzene ring substituents is 1. The fraction of sp³-hybridized carbons (Fsp3) is 0.364. The van der Waals surface area contributed by atoms with Crippen molar-refractivity contribution in [1.82, 2.24) is 5.23 Å². The molecule has 7 nitrogen and oxygen atoms in total. The Labute approximate surface area is 185 Å². The number of nitro benzene ring substituents is 1. The van der Waals surface area contributed by atoms with E-state index in [1.165, 1.54) is 12.1 Å². The van der Waals surface area contributed by atoms with Crippen LogP contribution in [-0.2, 0) is 13.8 Å². The molecular weight excluding hydrogens is 428 g/mol. The summed E-state index contributed by atoms with van der Waals surface area (Å²) in [5.74, 6) is 0.515. The Hall–Kier alpha value is -2.31. The highest BCUT2D eigenvalue weighted by atomic mass is 28.4. The summed E-state index contributed by atoms with van der Waals surface area (Å²) in [6.07, 6.45) is 1.49. The first-order chi connectivity index (χ1) is 14.4. The normalized spacial score (nSPS) is 19.3. The van der Waals surface area contributed by atoms with Crippen LogP contribution >= 0.6 is 0 Å². The van der Waals surface area contributed by atoms with Crippen molar-refractivity contribution in [2.45, 2.75) is 51.4 Å². The molecule has 0 radical (unpaired) electrons. The van der Waals surface area contributed by atoms with E-state index >= 15 is 0 Å². The Kier molecular flexibility index (Phi) is 6.82. The van der Waals surface area contributed by atoms with E-state index in [0.717, 1.165) is 16.9 Å². The summed E-state index contributed by atoms with van der Waals surface area (Å²) in [6.45, 7) is 12.6. The van der Waals surface area contributed by atoms with Crippen LogP contribution < -0.4 is 0 Å². The second-order valence-electron chi connectivity index (χ2n) is 9.47. The van der Waals surface area contributed by atoms with Gasteiger partial charge in [-0.15, -0.1) is 0 Å². The predicted molar refractivity (Wildman–Crippen MR) is 126 cm³/mol. The van der Waals surface area contributed by atoms with Crippen molar-refractivity contribution in [3.8, 4) is 0 Å². The lowest BCUT2D eigenvalue weighted by molar-refractivity contribution is -0.384. The van der Waals surface area contributed by atoms with Crippen LogP contribution in [0.2, 0.25) is 39.3 Å². The summed E-state index contributed by atoms with van der Waals surface area (Å²) in [5, 5.41) is 12.6. The zero-order valence-corrected chi connectivity index (χ0v) is 20.9. The molecule has 2 aromatic carbocycles. The van der Waals surface area contributed by atoms with E-state index in [0.29, 0.717) is 0 Å². The Morgan fingerprint density at radius 1 is 0.903 bits per heavy atom. The van der Waals surface area contributed by atoms with Crippen LogP contribution in [0.25, 0.3) is 5.76 Å². The number of benzene rings is 2. The molecule has 0 bridgehead atoms. The Bertz CT molecular complexity index is 921. The SMILES string of the molecule is C[Si](C)(C)ON(O[Si](C)(C)C)[C@H]1OC(c2ccccc2)=C[C@@H]1c1ccc([N+](=O)[O-])cc1. The van der Waals surface area contributed by atoms with Crippen LogP contribution in [0.5, 0.6) is 0 Å². The van der Waals surface area contributed by atoms with Crippen molar-refractivity contribution in [3.63, 3.8) is 0 Å². The third-order valence-electron chi connectivity index (χ3n) is 4.37. The second-order valence-corrected chi connectivity index (χ2v) is 18.3. The second kappa shape index (κ2) is 9.05. The molecule has 9 heteroatoms. The molecule has 166 valence electrons. The fourth-order valence-electron chi connectivity index (χ4n) is 3.17. The van der Waals surface area contributed by atoms with Gasteiger partial charge in [0.1, 0.15) is 5.76 Å². The summed E-state index contributed by atoms with van der Waals surface area (Å²) in [6, 6.07) is 16.4. The maximum Gasteiger partial charge on any atom is 0.269 e. The van der Waals surface area contributed by atoms with Crippen LogP contribution in [0.15, 0.2) is 60.7 Å². The van der Waals surface area contributed by atoms with Gasteiger partial charge in [0, 0.05) is 17.7 Å². The molecular formula is C22H30N2O5Si2. The van der Waals surface area contributed by atoms with E-state index in [9.17, 15) is 10.1 Å². The van der Waals surface area contributed by atoms with Gasteiger partial charge in [-0.25, -0.2) is 0 Å². The minimum atomic E-state index is -2.01. The van der Waals surface area contributed by atoms with Crippen LogP contribution in [0.3, 0.4) is 0 Å². The number of ether oxygens (including phenoxy) is 1. The third kappa shape index (κ3) is 6.34. The van der Waals surface area contributed by atoms with Gasteiger partial charge in [-0.2, -0.15) is 0 Å². The average Bonchev–Trinajstić information content (AvgIpc) is 3.11. The van der Waals surface area contributed by atoms with Crippen LogP contribution in [0.1, 0.15) is 17.0 Å². The van der Waals surface area contributed by atoms with Gasteiger partial charge in [-0.1, -0.05) is 42.5 Å². The van der Waals surface area contributed by atoms with E-state index in [1.54, 1.807) is 17.4 Å². The number of hydroxylamine groups is 2. The molecule has 0 aliphatic carbocycles. The van der Waals surface area contributed by atoms with Crippen LogP contribution in [0.4, 0.5) is 5.69 Å². The first-order valence-corrected chi connectivity index (χ1v) is 17.1. The maximum atomic E-state index is 11.1. The highest BCUT2D eigenvalue weighted by molar-refractivity contribution is 6.70. The summed E-state index contributed by atoms with van der Waals surface area (Å²) in [5.41, 5.74) is 1.91. The van der Waals surface area contributed by atoms with Gasteiger partial charge < -0.3 is 13.8 Å². The van der Waals surface area contributed by atoms with Crippen molar-refractivity contribution in [3.05, 3.63) is 81.9 Å². The zero-order valence-electron chi connectivity index (χ0n) is 18.9. The molecule has 1 heterocycles. The Morgan fingerprint density at radius 2 is 1.45 bits per heavy atom. The maximum absolute atomic E-state index is 11.1. The molecule has 2 aromatic rings. The lowest BCUT2D eigenvalue weighted by Crippen LogP contribution is -2.50. The minimum absolute atomic E-state index is 0.0556. The lowest BCUT2D eigenvalue weighted by Gasteiger charge is -2.38. The van der Waals surface area contributed by atoms with Gasteiger partial charge in [-0.05, 0) is 56.1 Å². The summed E-state index contributed by atoms with van der Waals surface area (Å²) in [4.78, 5) is 10.7. The molecule has 0 saturated heterocycles. The molecule has 0 spiro atoms. The molecule has 1 aliphatic heterocycles. The molecule has 0 fully saturated rings. The molecule has 3 rings (SSSR count). The summed E-state index contributed by atoms with van der Waals surface area (Å²) < 4.78 is 19.0. The topological polar surface area (TPSA) is 74.1 Å². The molecule has 0 aromatic heterocycles. The van der Waals surface area contributed by atoms with Crippen molar-refractivity contribution in [2.75, 3.05) is 0 Å². The van der Waals surface area contributed by atoms with Gasteiger partial charge in [0.05, 0.1) is 10.8 Å². The van der Waals surface area contributed by atoms with Gasteiger partial charge in [-0.3, -0.25) is 10.1 Å². The molecule has 31 heavy (non-hydrogen) atoms. The Balaban J connectivity index is 2.01. The van der Waals surface area contributed by atoms with E-state index in [2.05, 4.69) is 39.3 Å². The predicted octanol–water partition coefficient (Wildman–Crippen LogP) is 5.91. The average molecular weight is 459 g/mol. The van der Waals surface area contributed by atoms with Gasteiger partial charge in [0.2, 0.25) is 22.9 Å². The van der Waals surface area contributed by atoms with E-state index in [4.69, 9.17) is 13.8 Å². The zero-order chi connectivity index (χ0) is 22.8. The van der Waals surface area contributed by atoms with Gasteiger partial charge >= 0.3 is 0 Å². The quantitative estimate of drug-likeness (QED) is 0.278. The fourth-order valence-corrected chi connectivity index (χ4v) is 4.61. The number of rotatable bonds is 8. The van der Waals surface area contributed by atoms with Crippen LogP contribution in [-0.4, -0.2) is 33.0 Å². The standard InChI is InChI=1S/C22H30N2O5Si2/c1-30(2,3)28-24(29-31(4,5)6)22-20(17-12-14-19(15-13-17)23(25)26)16-21(27-22)18-10-8-7-9-11-18/h7-16,20,22H,1-6H3/t20-,22+/m1/s1. The minimum Gasteiger partial charge on any atom is -0.469 e. The number of hydrogen-bond donors (Lipinski definition) is 0. The van der Waals surface area contributed by atoms with Crippen LogP contribution in [0, 0.1) is 10.1 Å². The van der Waals surface area contributed by atoms with Crippen molar-refractivity contribution in [2.24, 2.45) is 0 Å². The third-order valence-corrected chi connectivity index (χ3v) is 5.82. The molecule has 0 saturated carbocycles. The van der Waals surface area contributed by atoms with Crippen molar-refractivity contribution >= 4 is 28.1 Å². The molecule has 0 unspecified atom stereocenters. The first-order valence-electron chi connectivity index (χ1n) is 10.3. The molecule has 1 aliphatic rings. The number of nitrogens with zero attached hydrogens (tertiary/aromatic N) is 2. The largest absolute Gasteiger partial charge is 0.469 e. The van der Waals surface area contributed by atoms with E-state index in [-0.39, 0.29) is 11.6 Å². The van der Waals surface area contributed by atoms with Crippen molar-refractivity contribution < 1.29 is 18.7 Å². The molecule has 0 N–H and O–H groups in total. The Morgan fingerprint density at radius 3 is 1.94 bits per heavy atom. The monoisotopic (exact) mass is 458 g/mol. The smallest absolute Gasteiger partial charge is 0.269 e. The molecule has 0 amide bonds. The number of hydrogen-bond acceptors (Lipinski definition) is 6. The highest BCUT2D eigenvalue weighted by Gasteiger charge is 2.41. The van der Waals surface area contributed by atoms with E-state index < -0.39 is 27.8 Å². The summed E-state index contributed by atoms with van der Waals surface area (Å²) in [7, 11) is -4.03. The van der Waals surface area contributed by atoms with Crippen molar-refractivity contribution in [1.29, 1.82) is 0 Å². The first kappa shape index (κ1) is 23.4. The van der Waals surface area contributed by atoms with Gasteiger partial charge in [0.15, 0.2) is 0 Å². The van der Waals surface area contributed by atoms with Gasteiger partial charge in [0.25, 0.3) is 5.69 Å². The lowest BCUT2D eigenvalue weighted by atomic mass is 9.97. The van der Waals surface area contributed by atoms with E-state index in [1.807, 2.05) is 36.4 Å².